The van der Waals surface area contributed by atoms with E-state index in [4.69, 9.17) is 4.74 Å². The maximum absolute atomic E-state index is 11.1. The summed E-state index contributed by atoms with van der Waals surface area (Å²) in [4.78, 5) is 10.8. The fourth-order valence-electron chi connectivity index (χ4n) is 3.75. The first kappa shape index (κ1) is 14.8. The number of rotatable bonds is 3. The highest BCUT2D eigenvalue weighted by atomic mass is 79.9. The number of fused-ring (bicyclic) bond motifs is 1. The number of nitrogens with one attached hydrogen (secondary N) is 1. The van der Waals surface area contributed by atoms with Gasteiger partial charge in [0.1, 0.15) is 0 Å². The number of hydrogen-bond acceptors (Lipinski definition) is 4. The van der Waals surface area contributed by atoms with E-state index in [9.17, 15) is 10.1 Å². The molecule has 0 aromatic heterocycles. The maximum atomic E-state index is 11.1. The van der Waals surface area contributed by atoms with Gasteiger partial charge in [0.05, 0.1) is 16.7 Å². The van der Waals surface area contributed by atoms with Gasteiger partial charge in [-0.3, -0.25) is 10.1 Å². The minimum atomic E-state index is -0.333. The first-order chi connectivity index (χ1) is 9.82. The summed E-state index contributed by atoms with van der Waals surface area (Å²) in [5.41, 5.74) is 1.64. The van der Waals surface area contributed by atoms with Crippen molar-refractivity contribution < 1.29 is 9.66 Å². The molecule has 1 aliphatic heterocycles. The highest BCUT2D eigenvalue weighted by Crippen LogP contribution is 2.53. The van der Waals surface area contributed by atoms with E-state index in [2.05, 4.69) is 35.1 Å². The lowest BCUT2D eigenvalue weighted by molar-refractivity contribution is -0.385. The highest BCUT2D eigenvalue weighted by molar-refractivity contribution is 9.10. The van der Waals surface area contributed by atoms with Crippen LogP contribution >= 0.6 is 15.9 Å². The van der Waals surface area contributed by atoms with Crippen molar-refractivity contribution in [3.63, 3.8) is 0 Å². The summed E-state index contributed by atoms with van der Waals surface area (Å²) in [6.07, 6.45) is 1.35. The monoisotopic (exact) mass is 354 g/mol. The number of aryl methyl sites for hydroxylation is 1. The van der Waals surface area contributed by atoms with Crippen LogP contribution in [0.5, 0.6) is 0 Å². The summed E-state index contributed by atoms with van der Waals surface area (Å²) < 4.78 is 6.65. The second-order valence-corrected chi connectivity index (χ2v) is 7.42. The van der Waals surface area contributed by atoms with E-state index in [0.717, 1.165) is 23.2 Å². The van der Waals surface area contributed by atoms with Crippen LogP contribution in [0.4, 0.5) is 11.4 Å². The van der Waals surface area contributed by atoms with Crippen molar-refractivity contribution >= 4 is 27.3 Å². The van der Waals surface area contributed by atoms with Crippen molar-refractivity contribution in [3.8, 4) is 0 Å². The van der Waals surface area contributed by atoms with E-state index in [-0.39, 0.29) is 22.1 Å². The van der Waals surface area contributed by atoms with Crippen molar-refractivity contribution in [2.24, 2.45) is 11.3 Å². The first-order valence-electron chi connectivity index (χ1n) is 7.15. The molecule has 1 aliphatic carbocycles. The van der Waals surface area contributed by atoms with Crippen LogP contribution in [-0.4, -0.2) is 23.7 Å². The van der Waals surface area contributed by atoms with E-state index in [1.807, 2.05) is 0 Å². The van der Waals surface area contributed by atoms with Crippen LogP contribution in [0.1, 0.15) is 25.8 Å². The van der Waals surface area contributed by atoms with E-state index >= 15 is 0 Å². The Morgan fingerprint density at radius 1 is 1.48 bits per heavy atom. The van der Waals surface area contributed by atoms with Crippen LogP contribution < -0.4 is 5.32 Å². The van der Waals surface area contributed by atoms with Gasteiger partial charge in [-0.15, -0.1) is 0 Å². The summed E-state index contributed by atoms with van der Waals surface area (Å²) in [6, 6.07) is 3.71. The summed E-state index contributed by atoms with van der Waals surface area (Å²) in [5, 5.41) is 14.6. The van der Waals surface area contributed by atoms with Crippen LogP contribution in [0.2, 0.25) is 0 Å². The molecule has 1 aromatic rings. The number of ether oxygens (including phenoxy) is 1. The zero-order valence-corrected chi connectivity index (χ0v) is 13.9. The topological polar surface area (TPSA) is 64.4 Å². The molecule has 2 aliphatic rings. The molecule has 2 fully saturated rings. The SMILES string of the molecule is Cc1cc(Br)c(NC2C3CCOC3C2(C)C)cc1[N+](=O)[O-]. The summed E-state index contributed by atoms with van der Waals surface area (Å²) in [5.74, 6) is 0.493. The minimum Gasteiger partial charge on any atom is -0.380 e. The largest absolute Gasteiger partial charge is 0.380 e. The lowest BCUT2D eigenvalue weighted by Crippen LogP contribution is -2.63. The number of benzene rings is 1. The molecular formula is C15H19BrN2O3. The molecule has 3 unspecified atom stereocenters. The molecule has 1 saturated carbocycles. The molecule has 0 amide bonds. The van der Waals surface area contributed by atoms with Crippen LogP contribution in [0.3, 0.4) is 0 Å². The van der Waals surface area contributed by atoms with Gasteiger partial charge in [0.2, 0.25) is 0 Å². The molecule has 0 spiro atoms. The van der Waals surface area contributed by atoms with Gasteiger partial charge in [-0.25, -0.2) is 0 Å². The molecule has 3 atom stereocenters. The Kier molecular flexibility index (Phi) is 3.48. The number of nitro benzene ring substituents is 1. The lowest BCUT2D eigenvalue weighted by Gasteiger charge is -2.55. The van der Waals surface area contributed by atoms with Crippen LogP contribution in [0.25, 0.3) is 0 Å². The molecule has 6 heteroatoms. The normalized spacial score (nSPS) is 29.6. The van der Waals surface area contributed by atoms with Gasteiger partial charge >= 0.3 is 0 Å². The van der Waals surface area contributed by atoms with Crippen molar-refractivity contribution in [3.05, 3.63) is 32.3 Å². The Hall–Kier alpha value is -1.14. The minimum absolute atomic E-state index is 0.0419. The fraction of sp³-hybridized carbons (Fsp3) is 0.600. The molecule has 21 heavy (non-hydrogen) atoms. The number of hydrogen-bond donors (Lipinski definition) is 1. The Labute approximate surface area is 132 Å². The summed E-state index contributed by atoms with van der Waals surface area (Å²) >= 11 is 3.51. The Morgan fingerprint density at radius 3 is 2.86 bits per heavy atom. The fourth-order valence-corrected chi connectivity index (χ4v) is 4.33. The van der Waals surface area contributed by atoms with Crippen LogP contribution in [0.15, 0.2) is 16.6 Å². The summed E-state index contributed by atoms with van der Waals surface area (Å²) in [6.45, 7) is 6.94. The second-order valence-electron chi connectivity index (χ2n) is 6.56. The predicted octanol–water partition coefficient (Wildman–Crippen LogP) is 3.89. The third-order valence-corrected chi connectivity index (χ3v) is 5.55. The Balaban J connectivity index is 1.88. The molecule has 1 heterocycles. The standard InChI is InChI=1S/C15H19BrN2O3/c1-8-6-10(16)11(7-12(8)18(19)20)17-13-9-4-5-21-14(9)15(13,2)3/h6-7,9,13-14,17H,4-5H2,1-3H3. The average Bonchev–Trinajstić information content (AvgIpc) is 2.83. The Bertz CT molecular complexity index is 603. The quantitative estimate of drug-likeness (QED) is 0.660. The molecule has 0 bridgehead atoms. The van der Waals surface area contributed by atoms with Crippen molar-refractivity contribution in [1.82, 2.24) is 0 Å². The van der Waals surface area contributed by atoms with Gasteiger partial charge in [-0.2, -0.15) is 0 Å². The van der Waals surface area contributed by atoms with Gasteiger partial charge in [0, 0.05) is 40.1 Å². The van der Waals surface area contributed by atoms with Gasteiger partial charge in [0.25, 0.3) is 5.69 Å². The average molecular weight is 355 g/mol. The molecule has 1 aromatic carbocycles. The lowest BCUT2D eigenvalue weighted by atomic mass is 9.57. The van der Waals surface area contributed by atoms with E-state index in [0.29, 0.717) is 17.6 Å². The molecular weight excluding hydrogens is 336 g/mol. The number of anilines is 1. The zero-order valence-electron chi connectivity index (χ0n) is 12.4. The predicted molar refractivity (Wildman–Crippen MR) is 84.6 cm³/mol. The van der Waals surface area contributed by atoms with Crippen molar-refractivity contribution in [2.75, 3.05) is 11.9 Å². The van der Waals surface area contributed by atoms with E-state index in [1.165, 1.54) is 0 Å². The van der Waals surface area contributed by atoms with E-state index < -0.39 is 0 Å². The summed E-state index contributed by atoms with van der Waals surface area (Å²) in [7, 11) is 0. The van der Waals surface area contributed by atoms with Gasteiger partial charge < -0.3 is 10.1 Å². The highest BCUT2D eigenvalue weighted by Gasteiger charge is 2.59. The molecule has 114 valence electrons. The second kappa shape index (κ2) is 4.95. The molecule has 5 nitrogen and oxygen atoms in total. The van der Waals surface area contributed by atoms with Crippen LogP contribution in [-0.2, 0) is 4.74 Å². The molecule has 1 saturated heterocycles. The molecule has 1 N–H and O–H groups in total. The van der Waals surface area contributed by atoms with Crippen LogP contribution in [0, 0.1) is 28.4 Å². The molecule has 0 radical (unpaired) electrons. The maximum Gasteiger partial charge on any atom is 0.274 e. The van der Waals surface area contributed by atoms with Crippen molar-refractivity contribution in [2.45, 2.75) is 39.3 Å². The Morgan fingerprint density at radius 2 is 2.19 bits per heavy atom. The number of nitro groups is 1. The third kappa shape index (κ3) is 2.25. The zero-order chi connectivity index (χ0) is 15.4. The first-order valence-corrected chi connectivity index (χ1v) is 7.94. The number of halogens is 1. The van der Waals surface area contributed by atoms with E-state index in [1.54, 1.807) is 19.1 Å². The molecule has 3 rings (SSSR count). The van der Waals surface area contributed by atoms with Gasteiger partial charge in [-0.05, 0) is 35.3 Å². The van der Waals surface area contributed by atoms with Crippen molar-refractivity contribution in [1.29, 1.82) is 0 Å². The smallest absolute Gasteiger partial charge is 0.274 e. The van der Waals surface area contributed by atoms with Gasteiger partial charge in [-0.1, -0.05) is 13.8 Å². The number of nitrogens with zero attached hydrogens (tertiary/aromatic N) is 1. The third-order valence-electron chi connectivity index (χ3n) is 4.89. The van der Waals surface area contributed by atoms with Gasteiger partial charge in [0.15, 0.2) is 0 Å².